The number of anilines is 4. The first-order chi connectivity index (χ1) is 14.3. The largest absolute Gasteiger partial charge is 0.495 e. The summed E-state index contributed by atoms with van der Waals surface area (Å²) in [5, 5.41) is 12.3. The van der Waals surface area contributed by atoms with E-state index in [9.17, 15) is 0 Å². The lowest BCUT2D eigenvalue weighted by Gasteiger charge is -2.37. The van der Waals surface area contributed by atoms with Gasteiger partial charge in [-0.15, -0.1) is 0 Å². The SMILES string of the molecule is COc1ccccc1N1CCN(c2cc(Nc3cccc(C#N)c3)ncn2)CC1. The third kappa shape index (κ3) is 4.22. The average Bonchev–Trinajstić information content (AvgIpc) is 2.79. The Labute approximate surface area is 170 Å². The molecule has 7 nitrogen and oxygen atoms in total. The van der Waals surface area contributed by atoms with E-state index in [4.69, 9.17) is 10.00 Å². The van der Waals surface area contributed by atoms with Crippen molar-refractivity contribution in [3.63, 3.8) is 0 Å². The van der Waals surface area contributed by atoms with Crippen molar-refractivity contribution in [3.05, 3.63) is 66.5 Å². The Morgan fingerprint density at radius 1 is 0.966 bits per heavy atom. The number of nitrogens with one attached hydrogen (secondary N) is 1. The quantitative estimate of drug-likeness (QED) is 0.720. The summed E-state index contributed by atoms with van der Waals surface area (Å²) in [6.07, 6.45) is 1.57. The van der Waals surface area contributed by atoms with Gasteiger partial charge in [-0.05, 0) is 30.3 Å². The molecule has 0 aliphatic carbocycles. The molecule has 7 heteroatoms. The predicted molar refractivity (Wildman–Crippen MR) is 114 cm³/mol. The minimum atomic E-state index is 0.608. The highest BCUT2D eigenvalue weighted by atomic mass is 16.5. The Kier molecular flexibility index (Phi) is 5.43. The van der Waals surface area contributed by atoms with Crippen molar-refractivity contribution in [1.29, 1.82) is 5.26 Å². The Hall–Kier alpha value is -3.79. The summed E-state index contributed by atoms with van der Waals surface area (Å²) >= 11 is 0. The molecule has 0 radical (unpaired) electrons. The first kappa shape index (κ1) is 18.6. The number of para-hydroxylation sites is 2. The third-order valence-electron chi connectivity index (χ3n) is 4.95. The van der Waals surface area contributed by atoms with E-state index in [2.05, 4.69) is 37.2 Å². The third-order valence-corrected chi connectivity index (χ3v) is 4.95. The van der Waals surface area contributed by atoms with E-state index in [0.29, 0.717) is 11.4 Å². The second kappa shape index (κ2) is 8.48. The Bertz CT molecular complexity index is 1020. The lowest BCUT2D eigenvalue weighted by Crippen LogP contribution is -2.47. The van der Waals surface area contributed by atoms with Crippen LogP contribution in [0.1, 0.15) is 5.56 Å². The minimum Gasteiger partial charge on any atom is -0.495 e. The summed E-state index contributed by atoms with van der Waals surface area (Å²) in [4.78, 5) is 13.4. The predicted octanol–water partition coefficient (Wildman–Crippen LogP) is 3.43. The topological polar surface area (TPSA) is 77.3 Å². The van der Waals surface area contributed by atoms with Crippen LogP contribution < -0.4 is 19.9 Å². The molecule has 0 amide bonds. The van der Waals surface area contributed by atoms with Gasteiger partial charge >= 0.3 is 0 Å². The number of piperazine rings is 1. The highest BCUT2D eigenvalue weighted by molar-refractivity contribution is 5.62. The highest BCUT2D eigenvalue weighted by Gasteiger charge is 2.20. The molecule has 4 rings (SSSR count). The molecule has 2 aromatic carbocycles. The van der Waals surface area contributed by atoms with E-state index >= 15 is 0 Å². The van der Waals surface area contributed by atoms with Crippen LogP contribution in [0.3, 0.4) is 0 Å². The normalized spacial score (nSPS) is 13.7. The van der Waals surface area contributed by atoms with E-state index in [0.717, 1.165) is 49.1 Å². The zero-order chi connectivity index (χ0) is 20.1. The molecule has 0 bridgehead atoms. The van der Waals surface area contributed by atoms with Gasteiger partial charge in [0.15, 0.2) is 0 Å². The number of benzene rings is 2. The fraction of sp³-hybridized carbons (Fsp3) is 0.227. The lowest BCUT2D eigenvalue weighted by atomic mass is 10.2. The van der Waals surface area contributed by atoms with Crippen LogP contribution in [0.2, 0.25) is 0 Å². The fourth-order valence-electron chi connectivity index (χ4n) is 3.47. The van der Waals surface area contributed by atoms with Crippen molar-refractivity contribution < 1.29 is 4.74 Å². The molecule has 1 aliphatic heterocycles. The monoisotopic (exact) mass is 386 g/mol. The van der Waals surface area contributed by atoms with Gasteiger partial charge in [0, 0.05) is 37.9 Å². The first-order valence-electron chi connectivity index (χ1n) is 9.49. The van der Waals surface area contributed by atoms with Gasteiger partial charge in [0.2, 0.25) is 0 Å². The van der Waals surface area contributed by atoms with Crippen LogP contribution in [-0.4, -0.2) is 43.3 Å². The zero-order valence-corrected chi connectivity index (χ0v) is 16.2. The van der Waals surface area contributed by atoms with Crippen LogP contribution in [0.5, 0.6) is 5.75 Å². The molecule has 29 heavy (non-hydrogen) atoms. The first-order valence-corrected chi connectivity index (χ1v) is 9.49. The van der Waals surface area contributed by atoms with Gasteiger partial charge in [0.1, 0.15) is 23.7 Å². The number of rotatable bonds is 5. The molecule has 146 valence electrons. The summed E-state index contributed by atoms with van der Waals surface area (Å²) in [6.45, 7) is 3.49. The Balaban J connectivity index is 1.44. The van der Waals surface area contributed by atoms with Gasteiger partial charge in [-0.25, -0.2) is 9.97 Å². The maximum atomic E-state index is 9.06. The smallest absolute Gasteiger partial charge is 0.142 e. The van der Waals surface area contributed by atoms with Crippen molar-refractivity contribution in [1.82, 2.24) is 9.97 Å². The molecule has 0 spiro atoms. The summed E-state index contributed by atoms with van der Waals surface area (Å²) in [5.74, 6) is 2.49. The summed E-state index contributed by atoms with van der Waals surface area (Å²) in [7, 11) is 1.71. The molecule has 1 saturated heterocycles. The van der Waals surface area contributed by atoms with Crippen LogP contribution in [-0.2, 0) is 0 Å². The molecule has 3 aromatic rings. The van der Waals surface area contributed by atoms with Crippen LogP contribution >= 0.6 is 0 Å². The molecule has 1 fully saturated rings. The molecule has 0 atom stereocenters. The van der Waals surface area contributed by atoms with Crippen molar-refractivity contribution in [2.45, 2.75) is 0 Å². The van der Waals surface area contributed by atoms with E-state index in [1.165, 1.54) is 0 Å². The molecule has 1 aliphatic rings. The highest BCUT2D eigenvalue weighted by Crippen LogP contribution is 2.29. The standard InChI is InChI=1S/C22H22N6O/c1-29-20-8-3-2-7-19(20)27-9-11-28(12-10-27)22-14-21(24-16-25-22)26-18-6-4-5-17(13-18)15-23/h2-8,13-14,16H,9-12H2,1H3,(H,24,25,26). The van der Waals surface area contributed by atoms with E-state index in [-0.39, 0.29) is 0 Å². The van der Waals surface area contributed by atoms with Gasteiger partial charge in [0.25, 0.3) is 0 Å². The molecular formula is C22H22N6O. The number of nitriles is 1. The Morgan fingerprint density at radius 3 is 2.55 bits per heavy atom. The van der Waals surface area contributed by atoms with E-state index in [1.807, 2.05) is 36.4 Å². The van der Waals surface area contributed by atoms with Crippen LogP contribution in [0.4, 0.5) is 23.0 Å². The molecular weight excluding hydrogens is 364 g/mol. The number of aromatic nitrogens is 2. The summed E-state index contributed by atoms with van der Waals surface area (Å²) < 4.78 is 5.49. The van der Waals surface area contributed by atoms with Gasteiger partial charge in [-0.2, -0.15) is 5.26 Å². The molecule has 0 saturated carbocycles. The van der Waals surface area contributed by atoms with E-state index in [1.54, 1.807) is 25.6 Å². The van der Waals surface area contributed by atoms with Gasteiger partial charge < -0.3 is 19.9 Å². The van der Waals surface area contributed by atoms with Crippen LogP contribution in [0.15, 0.2) is 60.9 Å². The zero-order valence-electron chi connectivity index (χ0n) is 16.2. The average molecular weight is 386 g/mol. The molecule has 1 N–H and O–H groups in total. The lowest BCUT2D eigenvalue weighted by molar-refractivity contribution is 0.413. The number of nitrogens with zero attached hydrogens (tertiary/aromatic N) is 5. The van der Waals surface area contributed by atoms with Gasteiger partial charge in [-0.1, -0.05) is 18.2 Å². The van der Waals surface area contributed by atoms with Crippen molar-refractivity contribution >= 4 is 23.0 Å². The maximum absolute atomic E-state index is 9.06. The Morgan fingerprint density at radius 2 is 1.76 bits per heavy atom. The molecule has 2 heterocycles. The maximum Gasteiger partial charge on any atom is 0.142 e. The summed E-state index contributed by atoms with van der Waals surface area (Å²) in [6, 6.07) is 19.5. The number of ether oxygens (including phenoxy) is 1. The van der Waals surface area contributed by atoms with Crippen molar-refractivity contribution in [2.75, 3.05) is 48.4 Å². The molecule has 1 aromatic heterocycles. The van der Waals surface area contributed by atoms with Crippen molar-refractivity contribution in [3.8, 4) is 11.8 Å². The summed E-state index contributed by atoms with van der Waals surface area (Å²) in [5.41, 5.74) is 2.56. The van der Waals surface area contributed by atoms with Crippen molar-refractivity contribution in [2.24, 2.45) is 0 Å². The fourth-order valence-corrected chi connectivity index (χ4v) is 3.47. The van der Waals surface area contributed by atoms with Gasteiger partial charge in [0.05, 0.1) is 24.4 Å². The molecule has 0 unspecified atom stereocenters. The number of hydrogen-bond acceptors (Lipinski definition) is 7. The second-order valence-electron chi connectivity index (χ2n) is 6.72. The number of hydrogen-bond donors (Lipinski definition) is 1. The number of methoxy groups -OCH3 is 1. The van der Waals surface area contributed by atoms with E-state index < -0.39 is 0 Å². The van der Waals surface area contributed by atoms with Gasteiger partial charge in [-0.3, -0.25) is 0 Å². The van der Waals surface area contributed by atoms with Crippen LogP contribution in [0.25, 0.3) is 0 Å². The minimum absolute atomic E-state index is 0.608. The van der Waals surface area contributed by atoms with Crippen LogP contribution in [0, 0.1) is 11.3 Å². The second-order valence-corrected chi connectivity index (χ2v) is 6.72.